The molecule has 0 spiro atoms. The number of esters is 1. The van der Waals surface area contributed by atoms with Gasteiger partial charge in [-0.1, -0.05) is 63.9 Å². The summed E-state index contributed by atoms with van der Waals surface area (Å²) < 4.78 is 20.0. The third-order valence-corrected chi connectivity index (χ3v) is 12.1. The number of fused-ring (bicyclic) bond motifs is 3. The molecule has 2 saturated heterocycles. The van der Waals surface area contributed by atoms with Crippen molar-refractivity contribution in [3.63, 3.8) is 0 Å². The van der Waals surface area contributed by atoms with Gasteiger partial charge < -0.3 is 28.6 Å². The number of hydrogen-bond donors (Lipinski definition) is 0. The van der Waals surface area contributed by atoms with Crippen LogP contribution in [0.25, 0.3) is 11.0 Å². The van der Waals surface area contributed by atoms with Crippen molar-refractivity contribution in [1.82, 2.24) is 14.7 Å². The van der Waals surface area contributed by atoms with E-state index in [0.717, 1.165) is 101 Å². The quantitative estimate of drug-likeness (QED) is 0.0704. The topological polar surface area (TPSA) is 75.5 Å². The molecule has 3 aromatic carbocycles. The van der Waals surface area contributed by atoms with Crippen molar-refractivity contribution in [2.45, 2.75) is 53.1 Å². The van der Waals surface area contributed by atoms with Crippen LogP contribution in [0.15, 0.2) is 65.1 Å². The fraction of sp³-hybridized carbons (Fsp3) is 0.476. The number of carbonyl (C=O) groups excluding carboxylic acids is 2. The third kappa shape index (κ3) is 10.8. The van der Waals surface area contributed by atoms with Gasteiger partial charge in [-0.3, -0.25) is 4.79 Å². The molecule has 0 saturated carbocycles. The lowest BCUT2D eigenvalue weighted by atomic mass is 9.81. The Bertz CT molecular complexity index is 1790. The van der Waals surface area contributed by atoms with Crippen LogP contribution in [0.5, 0.6) is 5.75 Å². The number of carbonyl (C=O) groups is 2. The zero-order valence-electron chi connectivity index (χ0n) is 31.5. The predicted octanol–water partition coefficient (Wildman–Crippen LogP) is 9.31. The van der Waals surface area contributed by atoms with Gasteiger partial charge in [0.1, 0.15) is 29.8 Å². The smallest absolute Gasteiger partial charge is 0.338 e. The minimum Gasteiger partial charge on any atom is -0.490 e. The first kappa shape index (κ1) is 41.9. The monoisotopic (exact) mass is 967 g/mol. The van der Waals surface area contributed by atoms with E-state index in [0.29, 0.717) is 40.2 Å². The fourth-order valence-electron chi connectivity index (χ4n) is 7.41. The van der Waals surface area contributed by atoms with Gasteiger partial charge in [0, 0.05) is 67.0 Å². The van der Waals surface area contributed by atoms with Crippen LogP contribution in [0.3, 0.4) is 0 Å². The second kappa shape index (κ2) is 20.1. The lowest BCUT2D eigenvalue weighted by molar-refractivity contribution is -0.0831. The molecule has 1 unspecified atom stereocenters. The van der Waals surface area contributed by atoms with Gasteiger partial charge in [-0.05, 0) is 121 Å². The standard InChI is InChI=1S/C25H29I2NO3.C17H23ClN2O2/c1-4-7-11-22-23(18-10-8-9-12-21(18)31-22)24(29)17-15-19(26)25(20(27)16-17)30-14-13-28(5-2)6-3;1-3-20-10-13-8-19(2)9-14(11-20)16(13)22-17(21)12-4-6-15(18)7-5-12/h8-10,12,15-16H,4-7,11,13-14H2,1-3H3;4-7,13-14,16H,3,8-11H2,1-2H3/t;13-,14+,16?. The summed E-state index contributed by atoms with van der Waals surface area (Å²) >= 11 is 10.4. The number of nitrogens with zero attached hydrogens (tertiary/aromatic N) is 3. The molecule has 0 aliphatic carbocycles. The number of likely N-dealkylation sites (N-methyl/N-ethyl adjacent to an activating group) is 1. The number of furan rings is 1. The Morgan fingerprint density at radius 2 is 1.55 bits per heavy atom. The fourth-order valence-corrected chi connectivity index (χ4v) is 9.61. The highest BCUT2D eigenvalue weighted by atomic mass is 127. The molecule has 8 nitrogen and oxygen atoms in total. The van der Waals surface area contributed by atoms with E-state index in [9.17, 15) is 9.59 Å². The Morgan fingerprint density at radius 1 is 0.906 bits per heavy atom. The molecule has 0 N–H and O–H groups in total. The molecule has 53 heavy (non-hydrogen) atoms. The molecule has 2 bridgehead atoms. The number of hydrogen-bond acceptors (Lipinski definition) is 8. The first-order valence-corrected chi connectivity index (χ1v) is 21.4. The number of ether oxygens (including phenoxy) is 2. The van der Waals surface area contributed by atoms with Gasteiger partial charge in [0.05, 0.1) is 18.3 Å². The summed E-state index contributed by atoms with van der Waals surface area (Å²) in [5, 5.41) is 1.52. The summed E-state index contributed by atoms with van der Waals surface area (Å²) in [5.74, 6) is 2.22. The summed E-state index contributed by atoms with van der Waals surface area (Å²) in [5.41, 5.74) is 2.73. The lowest BCUT2D eigenvalue weighted by Gasteiger charge is -2.49. The van der Waals surface area contributed by atoms with Gasteiger partial charge >= 0.3 is 5.97 Å². The summed E-state index contributed by atoms with van der Waals surface area (Å²) in [6.45, 7) is 17.3. The SMILES string of the molecule is CCCCc1oc2ccccc2c1C(=O)c1cc(I)c(OCCN(CC)CC)c(I)c1.CCN1C[C@H]2CN(C)C[C@@H](C1)C2OC(=O)c1ccc(Cl)cc1. The molecule has 2 fully saturated rings. The summed E-state index contributed by atoms with van der Waals surface area (Å²) in [6, 6.07) is 18.6. The van der Waals surface area contributed by atoms with Gasteiger partial charge in [0.15, 0.2) is 5.78 Å². The minimum absolute atomic E-state index is 0.0153. The van der Waals surface area contributed by atoms with Crippen LogP contribution >= 0.6 is 56.8 Å². The summed E-state index contributed by atoms with van der Waals surface area (Å²) in [4.78, 5) is 33.1. The molecule has 286 valence electrons. The number of halogens is 3. The molecular weight excluding hydrogens is 916 g/mol. The normalized spacial score (nSPS) is 18.8. The molecule has 4 aromatic rings. The van der Waals surface area contributed by atoms with Crippen LogP contribution in [-0.2, 0) is 11.2 Å². The summed E-state index contributed by atoms with van der Waals surface area (Å²) in [6.07, 6.45) is 2.85. The number of unbranched alkanes of at least 4 members (excludes halogenated alkanes) is 1. The number of benzene rings is 3. The van der Waals surface area contributed by atoms with Crippen molar-refractivity contribution in [1.29, 1.82) is 0 Å². The number of piperidine rings is 2. The Kier molecular flexibility index (Phi) is 15.9. The van der Waals surface area contributed by atoms with E-state index in [1.165, 1.54) is 0 Å². The average molecular weight is 968 g/mol. The van der Waals surface area contributed by atoms with E-state index in [1.54, 1.807) is 24.3 Å². The Morgan fingerprint density at radius 3 is 2.15 bits per heavy atom. The van der Waals surface area contributed by atoms with Gasteiger partial charge in [-0.15, -0.1) is 0 Å². The van der Waals surface area contributed by atoms with Crippen molar-refractivity contribution >= 4 is 79.5 Å². The van der Waals surface area contributed by atoms with Crippen LogP contribution in [-0.4, -0.2) is 98.6 Å². The van der Waals surface area contributed by atoms with Crippen LogP contribution < -0.4 is 4.74 Å². The van der Waals surface area contributed by atoms with Gasteiger partial charge in [0.25, 0.3) is 0 Å². The third-order valence-electron chi connectivity index (χ3n) is 10.2. The molecule has 0 amide bonds. The van der Waals surface area contributed by atoms with E-state index in [4.69, 9.17) is 25.5 Å². The van der Waals surface area contributed by atoms with E-state index < -0.39 is 0 Å². The van der Waals surface area contributed by atoms with Crippen LogP contribution in [0.2, 0.25) is 5.02 Å². The molecule has 2 aliphatic heterocycles. The molecular formula is C42H52ClI2N3O5. The van der Waals surface area contributed by atoms with E-state index >= 15 is 0 Å². The zero-order chi connectivity index (χ0) is 38.1. The minimum atomic E-state index is -0.230. The van der Waals surface area contributed by atoms with Crippen LogP contribution in [0.4, 0.5) is 0 Å². The molecule has 3 atom stereocenters. The van der Waals surface area contributed by atoms with Crippen molar-refractivity contribution in [2.24, 2.45) is 11.8 Å². The van der Waals surface area contributed by atoms with Crippen molar-refractivity contribution in [3.8, 4) is 5.75 Å². The molecule has 1 aromatic heterocycles. The van der Waals surface area contributed by atoms with Crippen molar-refractivity contribution in [2.75, 3.05) is 66.0 Å². The number of aryl methyl sites for hydroxylation is 1. The van der Waals surface area contributed by atoms with Gasteiger partial charge in [0.2, 0.25) is 0 Å². The molecule has 3 heterocycles. The van der Waals surface area contributed by atoms with E-state index in [2.05, 4.69) is 94.6 Å². The van der Waals surface area contributed by atoms with Gasteiger partial charge in [-0.25, -0.2) is 4.79 Å². The maximum atomic E-state index is 13.6. The first-order chi connectivity index (χ1) is 25.6. The number of rotatable bonds is 14. The first-order valence-electron chi connectivity index (χ1n) is 18.8. The molecule has 11 heteroatoms. The predicted molar refractivity (Wildman–Crippen MR) is 231 cm³/mol. The lowest BCUT2D eigenvalue weighted by Crippen LogP contribution is -2.60. The van der Waals surface area contributed by atoms with Crippen molar-refractivity contribution < 1.29 is 23.5 Å². The van der Waals surface area contributed by atoms with E-state index in [1.807, 2.05) is 36.4 Å². The second-order valence-corrected chi connectivity index (χ2v) is 16.7. The Labute approximate surface area is 347 Å². The largest absolute Gasteiger partial charge is 0.490 e. The second-order valence-electron chi connectivity index (χ2n) is 13.9. The number of ketones is 1. The van der Waals surface area contributed by atoms with E-state index in [-0.39, 0.29) is 17.9 Å². The average Bonchev–Trinajstić information content (AvgIpc) is 3.52. The maximum absolute atomic E-state index is 13.6. The number of likely N-dealkylation sites (tertiary alicyclic amines) is 2. The Balaban J connectivity index is 0.000000216. The Hall–Kier alpha value is -2.23. The maximum Gasteiger partial charge on any atom is 0.338 e. The van der Waals surface area contributed by atoms with Crippen LogP contribution in [0, 0.1) is 19.0 Å². The zero-order valence-corrected chi connectivity index (χ0v) is 36.6. The van der Waals surface area contributed by atoms with Gasteiger partial charge in [-0.2, -0.15) is 0 Å². The highest BCUT2D eigenvalue weighted by Gasteiger charge is 2.43. The van der Waals surface area contributed by atoms with Crippen LogP contribution in [0.1, 0.15) is 72.6 Å². The summed E-state index contributed by atoms with van der Waals surface area (Å²) in [7, 11) is 2.15. The highest BCUT2D eigenvalue weighted by molar-refractivity contribution is 14.1. The number of para-hydroxylation sites is 1. The molecule has 2 aliphatic rings. The van der Waals surface area contributed by atoms with Crippen molar-refractivity contribution in [3.05, 3.63) is 95.3 Å². The highest BCUT2D eigenvalue weighted by Crippen LogP contribution is 2.34. The molecule has 6 rings (SSSR count). The molecule has 0 radical (unpaired) electrons.